The predicted octanol–water partition coefficient (Wildman–Crippen LogP) is 2.99. The molecule has 0 unspecified atom stereocenters. The molecule has 1 aromatic heterocycles. The number of amides is 1. The molecule has 30 heavy (non-hydrogen) atoms. The largest absolute Gasteiger partial charge is 0.482 e. The van der Waals surface area contributed by atoms with Crippen LogP contribution in [0.15, 0.2) is 42.5 Å². The first-order valence-electron chi connectivity index (χ1n) is 10.0. The molecular weight excluding hydrogens is 402 g/mol. The van der Waals surface area contributed by atoms with E-state index in [4.69, 9.17) is 21.3 Å². The Bertz CT molecular complexity index is 1040. The third kappa shape index (κ3) is 4.75. The lowest BCUT2D eigenvalue weighted by atomic mass is 10.2. The minimum atomic E-state index is -0.247. The average Bonchev–Trinajstić information content (AvgIpc) is 3.04. The summed E-state index contributed by atoms with van der Waals surface area (Å²) < 4.78 is 7.63. The van der Waals surface area contributed by atoms with Crippen molar-refractivity contribution in [2.45, 2.75) is 6.54 Å². The second kappa shape index (κ2) is 9.04. The first-order chi connectivity index (χ1) is 14.5. The standard InChI is InChI=1S/C22H26ClN5O2/c1-26-9-11-28(12-10-26)14-21-25-18-13-16(7-8-19(18)27(21)2)24-22(29)15-30-20-6-4-3-5-17(20)23/h3-8,13H,9-12,14-15H2,1-2H3,(H,24,29). The van der Waals surface area contributed by atoms with Crippen LogP contribution in [-0.2, 0) is 18.4 Å². The van der Waals surface area contributed by atoms with Gasteiger partial charge in [-0.25, -0.2) is 4.98 Å². The Hall–Kier alpha value is -2.61. The Balaban J connectivity index is 1.40. The summed E-state index contributed by atoms with van der Waals surface area (Å²) >= 11 is 6.05. The Kier molecular flexibility index (Phi) is 6.22. The van der Waals surface area contributed by atoms with Crippen LogP contribution in [-0.4, -0.2) is 65.1 Å². The second-order valence-electron chi connectivity index (χ2n) is 7.64. The van der Waals surface area contributed by atoms with E-state index in [0.29, 0.717) is 16.5 Å². The van der Waals surface area contributed by atoms with E-state index in [2.05, 4.69) is 26.7 Å². The number of fused-ring (bicyclic) bond motifs is 1. The third-order valence-electron chi connectivity index (χ3n) is 5.41. The molecule has 3 aromatic rings. The van der Waals surface area contributed by atoms with Gasteiger partial charge in [-0.15, -0.1) is 0 Å². The number of piperazine rings is 1. The van der Waals surface area contributed by atoms with Crippen molar-refractivity contribution in [3.05, 3.63) is 53.3 Å². The van der Waals surface area contributed by atoms with Gasteiger partial charge >= 0.3 is 0 Å². The Labute approximate surface area is 181 Å². The summed E-state index contributed by atoms with van der Waals surface area (Å²) in [5.41, 5.74) is 2.61. The van der Waals surface area contributed by atoms with E-state index >= 15 is 0 Å². The molecule has 0 aliphatic carbocycles. The van der Waals surface area contributed by atoms with Crippen LogP contribution in [0.25, 0.3) is 11.0 Å². The first-order valence-corrected chi connectivity index (χ1v) is 10.4. The van der Waals surface area contributed by atoms with Crippen LogP contribution in [0.4, 0.5) is 5.69 Å². The van der Waals surface area contributed by atoms with Crippen molar-refractivity contribution >= 4 is 34.2 Å². The van der Waals surface area contributed by atoms with E-state index in [9.17, 15) is 4.79 Å². The van der Waals surface area contributed by atoms with Crippen LogP contribution in [0, 0.1) is 0 Å². The molecule has 1 aliphatic rings. The number of carbonyl (C=O) groups is 1. The second-order valence-corrected chi connectivity index (χ2v) is 8.04. The molecule has 2 heterocycles. The summed E-state index contributed by atoms with van der Waals surface area (Å²) in [6.07, 6.45) is 0. The minimum absolute atomic E-state index is 0.112. The lowest BCUT2D eigenvalue weighted by molar-refractivity contribution is -0.118. The van der Waals surface area contributed by atoms with Gasteiger partial charge in [0.05, 0.1) is 22.6 Å². The van der Waals surface area contributed by atoms with Crippen LogP contribution in [0.5, 0.6) is 5.75 Å². The van der Waals surface area contributed by atoms with E-state index in [1.165, 1.54) is 0 Å². The maximum Gasteiger partial charge on any atom is 0.262 e. The Morgan fingerprint density at radius 2 is 1.90 bits per heavy atom. The predicted molar refractivity (Wildman–Crippen MR) is 119 cm³/mol. The van der Waals surface area contributed by atoms with E-state index in [0.717, 1.165) is 49.6 Å². The maximum absolute atomic E-state index is 12.3. The molecule has 1 fully saturated rings. The molecule has 4 rings (SSSR count). The molecule has 0 radical (unpaired) electrons. The molecule has 1 amide bonds. The van der Waals surface area contributed by atoms with Gasteiger partial charge < -0.3 is 19.5 Å². The van der Waals surface area contributed by atoms with Crippen LogP contribution in [0.2, 0.25) is 5.02 Å². The van der Waals surface area contributed by atoms with Gasteiger partial charge in [0.15, 0.2) is 6.61 Å². The monoisotopic (exact) mass is 427 g/mol. The van der Waals surface area contributed by atoms with Crippen molar-refractivity contribution in [3.8, 4) is 5.75 Å². The Morgan fingerprint density at radius 1 is 1.13 bits per heavy atom. The zero-order valence-corrected chi connectivity index (χ0v) is 18.0. The smallest absolute Gasteiger partial charge is 0.262 e. The molecule has 158 valence electrons. The van der Waals surface area contributed by atoms with Crippen LogP contribution in [0.1, 0.15) is 5.82 Å². The van der Waals surface area contributed by atoms with Gasteiger partial charge in [0.25, 0.3) is 5.91 Å². The number of ether oxygens (including phenoxy) is 1. The molecular formula is C22H26ClN5O2. The van der Waals surface area contributed by atoms with Crippen molar-refractivity contribution in [1.82, 2.24) is 19.4 Å². The third-order valence-corrected chi connectivity index (χ3v) is 5.73. The van der Waals surface area contributed by atoms with Crippen molar-refractivity contribution in [3.63, 3.8) is 0 Å². The van der Waals surface area contributed by atoms with Crippen LogP contribution < -0.4 is 10.1 Å². The summed E-state index contributed by atoms with van der Waals surface area (Å²) in [4.78, 5) is 21.9. The molecule has 8 heteroatoms. The van der Waals surface area contributed by atoms with Gasteiger partial charge in [0, 0.05) is 38.9 Å². The zero-order valence-electron chi connectivity index (χ0n) is 17.3. The fourth-order valence-corrected chi connectivity index (χ4v) is 3.77. The number of benzene rings is 2. The number of para-hydroxylation sites is 1. The number of aryl methyl sites for hydroxylation is 1. The van der Waals surface area contributed by atoms with Crippen molar-refractivity contribution < 1.29 is 9.53 Å². The lowest BCUT2D eigenvalue weighted by Gasteiger charge is -2.31. The molecule has 0 bridgehead atoms. The highest BCUT2D eigenvalue weighted by Gasteiger charge is 2.17. The molecule has 7 nitrogen and oxygen atoms in total. The van der Waals surface area contributed by atoms with Crippen LogP contribution in [0.3, 0.4) is 0 Å². The number of carbonyl (C=O) groups excluding carboxylic acids is 1. The van der Waals surface area contributed by atoms with Crippen molar-refractivity contribution in [1.29, 1.82) is 0 Å². The first kappa shape index (κ1) is 20.7. The van der Waals surface area contributed by atoms with Gasteiger partial charge in [-0.1, -0.05) is 23.7 Å². The number of likely N-dealkylation sites (N-methyl/N-ethyl adjacent to an activating group) is 1. The number of aromatic nitrogens is 2. The summed E-state index contributed by atoms with van der Waals surface area (Å²) in [7, 11) is 4.19. The highest BCUT2D eigenvalue weighted by atomic mass is 35.5. The van der Waals surface area contributed by atoms with Gasteiger partial charge in [-0.2, -0.15) is 0 Å². The Morgan fingerprint density at radius 3 is 2.67 bits per heavy atom. The number of nitrogens with zero attached hydrogens (tertiary/aromatic N) is 4. The van der Waals surface area contributed by atoms with Crippen LogP contribution >= 0.6 is 11.6 Å². The number of hydrogen-bond acceptors (Lipinski definition) is 5. The number of halogens is 1. The van der Waals surface area contributed by atoms with E-state index in [-0.39, 0.29) is 12.5 Å². The van der Waals surface area contributed by atoms with Crippen molar-refractivity contribution in [2.24, 2.45) is 7.05 Å². The highest BCUT2D eigenvalue weighted by molar-refractivity contribution is 6.32. The summed E-state index contributed by atoms with van der Waals surface area (Å²) in [6.45, 7) is 4.97. The minimum Gasteiger partial charge on any atom is -0.482 e. The molecule has 0 atom stereocenters. The quantitative estimate of drug-likeness (QED) is 0.655. The number of hydrogen-bond donors (Lipinski definition) is 1. The number of anilines is 1. The van der Waals surface area contributed by atoms with E-state index in [1.807, 2.05) is 37.4 Å². The SMILES string of the molecule is CN1CCN(Cc2nc3cc(NC(=O)COc4ccccc4Cl)ccc3n2C)CC1. The summed E-state index contributed by atoms with van der Waals surface area (Å²) in [5.74, 6) is 1.27. The molecule has 1 aliphatic heterocycles. The zero-order chi connectivity index (χ0) is 21.1. The van der Waals surface area contributed by atoms with Gasteiger partial charge in [0.1, 0.15) is 11.6 Å². The maximum atomic E-state index is 12.3. The van der Waals surface area contributed by atoms with Crippen molar-refractivity contribution in [2.75, 3.05) is 45.2 Å². The fraction of sp³-hybridized carbons (Fsp3) is 0.364. The summed E-state index contributed by atoms with van der Waals surface area (Å²) in [5, 5.41) is 3.35. The van der Waals surface area contributed by atoms with E-state index < -0.39 is 0 Å². The lowest BCUT2D eigenvalue weighted by Crippen LogP contribution is -2.44. The number of rotatable bonds is 6. The number of imidazole rings is 1. The normalized spacial score (nSPS) is 15.4. The molecule has 0 saturated carbocycles. The van der Waals surface area contributed by atoms with Gasteiger partial charge in [0.2, 0.25) is 0 Å². The van der Waals surface area contributed by atoms with Gasteiger partial charge in [-0.05, 0) is 37.4 Å². The average molecular weight is 428 g/mol. The number of nitrogens with one attached hydrogen (secondary N) is 1. The van der Waals surface area contributed by atoms with E-state index in [1.54, 1.807) is 12.1 Å². The molecule has 0 spiro atoms. The summed E-state index contributed by atoms with van der Waals surface area (Å²) in [6, 6.07) is 12.9. The molecule has 1 saturated heterocycles. The topological polar surface area (TPSA) is 62.6 Å². The highest BCUT2D eigenvalue weighted by Crippen LogP contribution is 2.23. The fourth-order valence-electron chi connectivity index (χ4n) is 3.58. The van der Waals surface area contributed by atoms with Gasteiger partial charge in [-0.3, -0.25) is 9.69 Å². The molecule has 2 aromatic carbocycles. The molecule has 1 N–H and O–H groups in total.